The van der Waals surface area contributed by atoms with Crippen molar-refractivity contribution in [2.45, 2.75) is 33.0 Å². The monoisotopic (exact) mass is 366 g/mol. The largest absolute Gasteiger partial charge is 0.378 e. The number of methoxy groups -OCH3 is 1. The van der Waals surface area contributed by atoms with Gasteiger partial charge >= 0.3 is 0 Å². The van der Waals surface area contributed by atoms with E-state index in [1.54, 1.807) is 16.7 Å². The zero-order chi connectivity index (χ0) is 18.8. The lowest BCUT2D eigenvalue weighted by atomic mass is 10.0. The molecule has 0 saturated heterocycles. The number of aromatic amines is 1. The second-order valence-electron chi connectivity index (χ2n) is 6.70. The molecule has 1 N–H and O–H groups in total. The summed E-state index contributed by atoms with van der Waals surface area (Å²) < 4.78 is 6.97. The minimum Gasteiger partial charge on any atom is -0.378 e. The Hall–Kier alpha value is -3.00. The normalized spacial score (nSPS) is 13.6. The summed E-state index contributed by atoms with van der Waals surface area (Å²) >= 11 is 0. The molecule has 0 saturated carbocycles. The van der Waals surface area contributed by atoms with Crippen molar-refractivity contribution in [1.82, 2.24) is 30.1 Å². The molecule has 3 aromatic rings. The van der Waals surface area contributed by atoms with Crippen molar-refractivity contribution in [3.63, 3.8) is 0 Å². The van der Waals surface area contributed by atoms with E-state index in [0.29, 0.717) is 31.9 Å². The third-order valence-corrected chi connectivity index (χ3v) is 4.95. The number of ether oxygens (including phenoxy) is 1. The number of fused-ring (bicyclic) bond motifs is 1. The van der Waals surface area contributed by atoms with Gasteiger partial charge in [0.15, 0.2) is 5.69 Å². The minimum atomic E-state index is -0.0953. The standard InChI is InChI=1S/C19H22N6O2/c1-13-18(22-23-25(13)10-14-6-4-3-5-7-14)19(26)24-9-8-16-15(11-24)17(12-27-2)21-20-16/h3-7H,8-12H2,1-2H3,(H,20,21). The molecule has 3 heterocycles. The van der Waals surface area contributed by atoms with Gasteiger partial charge in [-0.05, 0) is 12.5 Å². The Bertz CT molecular complexity index is 947. The first-order chi connectivity index (χ1) is 13.2. The van der Waals surface area contributed by atoms with Gasteiger partial charge in [-0.25, -0.2) is 4.68 Å². The molecule has 0 radical (unpaired) electrons. The molecule has 0 atom stereocenters. The summed E-state index contributed by atoms with van der Waals surface area (Å²) in [7, 11) is 1.64. The van der Waals surface area contributed by atoms with E-state index in [9.17, 15) is 4.79 Å². The minimum absolute atomic E-state index is 0.0953. The van der Waals surface area contributed by atoms with E-state index in [4.69, 9.17) is 4.74 Å². The Balaban J connectivity index is 1.52. The fraction of sp³-hybridized carbons (Fsp3) is 0.368. The number of amides is 1. The maximum Gasteiger partial charge on any atom is 0.276 e. The lowest BCUT2D eigenvalue weighted by molar-refractivity contribution is 0.0725. The molecule has 140 valence electrons. The molecule has 4 rings (SSSR count). The fourth-order valence-corrected chi connectivity index (χ4v) is 3.40. The van der Waals surface area contributed by atoms with Crippen molar-refractivity contribution in [3.05, 3.63) is 64.2 Å². The van der Waals surface area contributed by atoms with Crippen molar-refractivity contribution in [2.75, 3.05) is 13.7 Å². The van der Waals surface area contributed by atoms with Gasteiger partial charge in [0.2, 0.25) is 0 Å². The summed E-state index contributed by atoms with van der Waals surface area (Å²) in [5.74, 6) is -0.0953. The zero-order valence-corrected chi connectivity index (χ0v) is 15.5. The highest BCUT2D eigenvalue weighted by molar-refractivity contribution is 5.93. The van der Waals surface area contributed by atoms with Gasteiger partial charge in [-0.3, -0.25) is 9.89 Å². The van der Waals surface area contributed by atoms with Gasteiger partial charge in [-0.2, -0.15) is 5.10 Å². The number of nitrogens with zero attached hydrogens (tertiary/aromatic N) is 5. The highest BCUT2D eigenvalue weighted by Gasteiger charge is 2.28. The van der Waals surface area contributed by atoms with Crippen LogP contribution in [0.4, 0.5) is 0 Å². The maximum atomic E-state index is 13.0. The number of carbonyl (C=O) groups excluding carboxylic acids is 1. The molecular weight excluding hydrogens is 344 g/mol. The van der Waals surface area contributed by atoms with Crippen LogP contribution >= 0.6 is 0 Å². The average molecular weight is 366 g/mol. The molecule has 1 aliphatic heterocycles. The van der Waals surface area contributed by atoms with E-state index in [1.165, 1.54) is 0 Å². The van der Waals surface area contributed by atoms with Crippen LogP contribution in [-0.4, -0.2) is 49.7 Å². The van der Waals surface area contributed by atoms with E-state index in [2.05, 4.69) is 20.5 Å². The Morgan fingerprint density at radius 1 is 1.30 bits per heavy atom. The molecule has 8 heteroatoms. The van der Waals surface area contributed by atoms with Gasteiger partial charge in [-0.1, -0.05) is 35.5 Å². The number of aromatic nitrogens is 5. The van der Waals surface area contributed by atoms with Crippen molar-refractivity contribution in [3.8, 4) is 0 Å². The lowest BCUT2D eigenvalue weighted by Gasteiger charge is -2.26. The summed E-state index contributed by atoms with van der Waals surface area (Å²) in [6, 6.07) is 10.0. The van der Waals surface area contributed by atoms with Gasteiger partial charge in [0.25, 0.3) is 5.91 Å². The quantitative estimate of drug-likeness (QED) is 0.742. The molecule has 27 heavy (non-hydrogen) atoms. The van der Waals surface area contributed by atoms with Crippen LogP contribution in [-0.2, 0) is 30.9 Å². The van der Waals surface area contributed by atoms with Crippen molar-refractivity contribution in [1.29, 1.82) is 0 Å². The van der Waals surface area contributed by atoms with E-state index in [0.717, 1.165) is 34.6 Å². The van der Waals surface area contributed by atoms with E-state index < -0.39 is 0 Å². The highest BCUT2D eigenvalue weighted by Crippen LogP contribution is 2.22. The Labute approximate surface area is 157 Å². The van der Waals surface area contributed by atoms with Gasteiger partial charge in [-0.15, -0.1) is 5.10 Å². The van der Waals surface area contributed by atoms with Crippen LogP contribution in [0, 0.1) is 6.92 Å². The molecule has 0 unspecified atom stereocenters. The Morgan fingerprint density at radius 3 is 2.89 bits per heavy atom. The first-order valence-corrected chi connectivity index (χ1v) is 8.94. The van der Waals surface area contributed by atoms with Crippen LogP contribution in [0.25, 0.3) is 0 Å². The SMILES string of the molecule is COCc1n[nH]c2c1CN(C(=O)c1nnn(Cc3ccccc3)c1C)CC2. The number of H-pyrrole nitrogens is 1. The van der Waals surface area contributed by atoms with Gasteiger partial charge < -0.3 is 9.64 Å². The summed E-state index contributed by atoms with van der Waals surface area (Å²) in [6.45, 7) is 4.05. The summed E-state index contributed by atoms with van der Waals surface area (Å²) in [5, 5.41) is 15.7. The summed E-state index contributed by atoms with van der Waals surface area (Å²) in [5.41, 5.74) is 5.29. The van der Waals surface area contributed by atoms with Gasteiger partial charge in [0.05, 0.1) is 24.5 Å². The average Bonchev–Trinajstić information content (AvgIpc) is 3.26. The summed E-state index contributed by atoms with van der Waals surface area (Å²) in [6.07, 6.45) is 0.745. The topological polar surface area (TPSA) is 88.9 Å². The van der Waals surface area contributed by atoms with Crippen molar-refractivity contribution < 1.29 is 9.53 Å². The van der Waals surface area contributed by atoms with Crippen LogP contribution in [0.5, 0.6) is 0 Å². The van der Waals surface area contributed by atoms with E-state index >= 15 is 0 Å². The van der Waals surface area contributed by atoms with Crippen LogP contribution in [0.2, 0.25) is 0 Å². The predicted molar refractivity (Wildman–Crippen MR) is 98.0 cm³/mol. The highest BCUT2D eigenvalue weighted by atomic mass is 16.5. The molecule has 0 fully saturated rings. The molecule has 1 aromatic carbocycles. The molecule has 1 amide bonds. The van der Waals surface area contributed by atoms with Crippen molar-refractivity contribution in [2.24, 2.45) is 0 Å². The Kier molecular flexibility index (Phi) is 4.72. The third-order valence-electron chi connectivity index (χ3n) is 4.95. The van der Waals surface area contributed by atoms with E-state index in [1.807, 2.05) is 37.3 Å². The summed E-state index contributed by atoms with van der Waals surface area (Å²) in [4.78, 5) is 14.8. The number of rotatable bonds is 5. The van der Waals surface area contributed by atoms with Crippen LogP contribution < -0.4 is 0 Å². The van der Waals surface area contributed by atoms with E-state index in [-0.39, 0.29) is 5.91 Å². The van der Waals surface area contributed by atoms with Crippen molar-refractivity contribution >= 4 is 5.91 Å². The molecule has 1 aliphatic rings. The third kappa shape index (κ3) is 3.35. The first kappa shape index (κ1) is 17.4. The van der Waals surface area contributed by atoms with Crippen LogP contribution in [0.15, 0.2) is 30.3 Å². The molecule has 0 bridgehead atoms. The number of hydrogen-bond acceptors (Lipinski definition) is 5. The number of benzene rings is 1. The van der Waals surface area contributed by atoms with Gasteiger partial charge in [0.1, 0.15) is 0 Å². The maximum absolute atomic E-state index is 13.0. The van der Waals surface area contributed by atoms with Crippen LogP contribution in [0.3, 0.4) is 0 Å². The smallest absolute Gasteiger partial charge is 0.276 e. The lowest BCUT2D eigenvalue weighted by Crippen LogP contribution is -2.36. The molecule has 0 aliphatic carbocycles. The first-order valence-electron chi connectivity index (χ1n) is 8.94. The molecule has 0 spiro atoms. The molecular formula is C19H22N6O2. The number of carbonyl (C=O) groups is 1. The van der Waals surface area contributed by atoms with Gasteiger partial charge in [0, 0.05) is 37.9 Å². The molecule has 2 aromatic heterocycles. The second-order valence-corrected chi connectivity index (χ2v) is 6.70. The second kappa shape index (κ2) is 7.32. The van der Waals surface area contributed by atoms with Crippen LogP contribution in [0.1, 0.15) is 38.7 Å². The number of nitrogens with one attached hydrogen (secondary N) is 1. The number of hydrogen-bond donors (Lipinski definition) is 1. The fourth-order valence-electron chi connectivity index (χ4n) is 3.40. The molecule has 8 nitrogen and oxygen atoms in total. The Morgan fingerprint density at radius 2 is 2.11 bits per heavy atom. The zero-order valence-electron chi connectivity index (χ0n) is 15.5. The predicted octanol–water partition coefficient (Wildman–Crippen LogP) is 1.70.